The monoisotopic (exact) mass is 491 g/mol. The minimum Gasteiger partial charge on any atom is -0.394 e. The van der Waals surface area contributed by atoms with E-state index in [-0.39, 0.29) is 30.2 Å². The molecule has 0 aromatic heterocycles. The highest BCUT2D eigenvalue weighted by molar-refractivity contribution is 6.30. The van der Waals surface area contributed by atoms with Crippen molar-refractivity contribution in [3.05, 3.63) is 29.3 Å². The summed E-state index contributed by atoms with van der Waals surface area (Å²) < 4.78 is 6.66. The number of carbonyl (C=O) groups is 3. The summed E-state index contributed by atoms with van der Waals surface area (Å²) in [7, 11) is 1.56. The zero-order valence-electron chi connectivity index (χ0n) is 20.1. The molecule has 4 rings (SSSR count). The van der Waals surface area contributed by atoms with Crippen LogP contribution in [0.15, 0.2) is 24.3 Å². The molecule has 0 aliphatic carbocycles. The van der Waals surface area contributed by atoms with E-state index in [1.54, 1.807) is 31.3 Å². The Labute approximate surface area is 205 Å². The van der Waals surface area contributed by atoms with Gasteiger partial charge in [-0.1, -0.05) is 32.4 Å². The first-order valence-electron chi connectivity index (χ1n) is 12.0. The van der Waals surface area contributed by atoms with Crippen molar-refractivity contribution >= 4 is 35.0 Å². The molecule has 3 N–H and O–H groups in total. The number of anilines is 1. The molecule has 186 valence electrons. The lowest BCUT2D eigenvalue weighted by Gasteiger charge is -2.37. The highest BCUT2D eigenvalue weighted by Gasteiger charge is 2.79. The van der Waals surface area contributed by atoms with E-state index in [9.17, 15) is 19.5 Å². The van der Waals surface area contributed by atoms with Crippen LogP contribution in [0.4, 0.5) is 5.69 Å². The molecule has 2 bridgehead atoms. The second kappa shape index (κ2) is 9.13. The quantitative estimate of drug-likeness (QED) is 0.518. The van der Waals surface area contributed by atoms with Gasteiger partial charge in [-0.25, -0.2) is 0 Å². The number of hydrogen-bond acceptors (Lipinski definition) is 5. The van der Waals surface area contributed by atoms with Gasteiger partial charge in [0, 0.05) is 17.8 Å². The van der Waals surface area contributed by atoms with Crippen molar-refractivity contribution < 1.29 is 24.2 Å². The summed E-state index contributed by atoms with van der Waals surface area (Å²) in [5.41, 5.74) is -1.35. The van der Waals surface area contributed by atoms with Gasteiger partial charge in [-0.15, -0.1) is 0 Å². The van der Waals surface area contributed by atoms with E-state index in [0.29, 0.717) is 36.4 Å². The summed E-state index contributed by atoms with van der Waals surface area (Å²) in [5, 5.41) is 16.4. The van der Waals surface area contributed by atoms with E-state index >= 15 is 0 Å². The number of aliphatic hydroxyl groups excluding tert-OH is 1. The van der Waals surface area contributed by atoms with Gasteiger partial charge < -0.3 is 25.4 Å². The van der Waals surface area contributed by atoms with E-state index in [0.717, 1.165) is 0 Å². The fourth-order valence-electron chi connectivity index (χ4n) is 6.47. The molecule has 1 aromatic carbocycles. The molecule has 0 saturated carbocycles. The summed E-state index contributed by atoms with van der Waals surface area (Å²) in [4.78, 5) is 42.4. The minimum absolute atomic E-state index is 0.192. The second-order valence-electron chi connectivity index (χ2n) is 10.2. The summed E-state index contributed by atoms with van der Waals surface area (Å²) in [6.07, 6.45) is 2.19. The third kappa shape index (κ3) is 3.71. The first-order valence-corrected chi connectivity index (χ1v) is 12.4. The van der Waals surface area contributed by atoms with Gasteiger partial charge in [-0.2, -0.15) is 0 Å². The van der Waals surface area contributed by atoms with Crippen molar-refractivity contribution in [2.24, 2.45) is 17.8 Å². The maximum absolute atomic E-state index is 14.0. The molecule has 2 unspecified atom stereocenters. The number of likely N-dealkylation sites (tertiary alicyclic amines) is 1. The van der Waals surface area contributed by atoms with Crippen molar-refractivity contribution in [2.45, 2.75) is 69.7 Å². The number of nitrogens with zero attached hydrogens (tertiary/aromatic N) is 1. The van der Waals surface area contributed by atoms with Crippen LogP contribution in [0.1, 0.15) is 46.5 Å². The molecule has 34 heavy (non-hydrogen) atoms. The number of rotatable bonds is 8. The first-order chi connectivity index (χ1) is 16.1. The number of fused-ring (bicyclic) bond motifs is 1. The number of hydrogen-bond donors (Lipinski definition) is 3. The Hall–Kier alpha value is -2.16. The third-order valence-electron chi connectivity index (χ3n) is 7.86. The maximum Gasteiger partial charge on any atom is 0.250 e. The van der Waals surface area contributed by atoms with Gasteiger partial charge in [0.05, 0.1) is 30.1 Å². The number of carbonyl (C=O) groups excluding carboxylic acids is 3. The number of ether oxygens (including phenoxy) is 1. The Morgan fingerprint density at radius 3 is 2.47 bits per heavy atom. The van der Waals surface area contributed by atoms with E-state index < -0.39 is 35.1 Å². The van der Waals surface area contributed by atoms with Gasteiger partial charge >= 0.3 is 0 Å². The largest absolute Gasteiger partial charge is 0.394 e. The second-order valence-corrected chi connectivity index (χ2v) is 10.6. The maximum atomic E-state index is 14.0. The van der Waals surface area contributed by atoms with Crippen LogP contribution in [0.2, 0.25) is 5.02 Å². The van der Waals surface area contributed by atoms with Crippen LogP contribution in [-0.2, 0) is 19.1 Å². The lowest BCUT2D eigenvalue weighted by Crippen LogP contribution is -2.56. The van der Waals surface area contributed by atoms with Gasteiger partial charge in [0.1, 0.15) is 11.6 Å². The zero-order chi connectivity index (χ0) is 24.8. The Bertz CT molecular complexity index is 970. The van der Waals surface area contributed by atoms with Gasteiger partial charge in [0.2, 0.25) is 17.7 Å². The summed E-state index contributed by atoms with van der Waals surface area (Å²) in [6, 6.07) is 5.23. The van der Waals surface area contributed by atoms with Crippen molar-refractivity contribution in [1.82, 2.24) is 10.2 Å². The Kier molecular flexibility index (Phi) is 6.70. The van der Waals surface area contributed by atoms with Crippen LogP contribution < -0.4 is 10.6 Å². The van der Waals surface area contributed by atoms with E-state index in [2.05, 4.69) is 10.6 Å². The Morgan fingerprint density at radius 1 is 1.24 bits per heavy atom. The van der Waals surface area contributed by atoms with Crippen molar-refractivity contribution in [3.8, 4) is 0 Å². The average Bonchev–Trinajstić information content (AvgIpc) is 3.42. The highest BCUT2D eigenvalue weighted by Crippen LogP contribution is 2.64. The fraction of sp³-hybridized carbons (Fsp3) is 0.640. The van der Waals surface area contributed by atoms with Gasteiger partial charge in [0.15, 0.2) is 0 Å². The SMILES string of the molecule is CC[C@]12CCC3(O1)C(C(=O)Nc1ccc(Cl)cc1)N([C@@H](CO)CC(C)C)C(=O)[C@@H]3[C@H]2C(=O)NC. The normalized spacial score (nSPS) is 32.7. The van der Waals surface area contributed by atoms with Crippen molar-refractivity contribution in [1.29, 1.82) is 0 Å². The fourth-order valence-corrected chi connectivity index (χ4v) is 6.59. The molecule has 3 saturated heterocycles. The highest BCUT2D eigenvalue weighted by atomic mass is 35.5. The zero-order valence-corrected chi connectivity index (χ0v) is 20.9. The van der Waals surface area contributed by atoms with Crippen LogP contribution in [0.25, 0.3) is 0 Å². The summed E-state index contributed by atoms with van der Waals surface area (Å²) in [6.45, 7) is 5.69. The molecule has 3 fully saturated rings. The number of aliphatic hydroxyl groups is 1. The first kappa shape index (κ1) is 24.9. The predicted molar refractivity (Wildman–Crippen MR) is 128 cm³/mol. The molecule has 8 nitrogen and oxygen atoms in total. The molecule has 9 heteroatoms. The minimum atomic E-state index is -1.12. The Morgan fingerprint density at radius 2 is 1.91 bits per heavy atom. The lowest BCUT2D eigenvalue weighted by atomic mass is 9.65. The Balaban J connectivity index is 1.79. The molecule has 3 aliphatic rings. The number of amides is 3. The van der Waals surface area contributed by atoms with Crippen LogP contribution in [0.5, 0.6) is 0 Å². The molecular formula is C25H34ClN3O5. The molecule has 1 spiro atoms. The van der Waals surface area contributed by atoms with Crippen LogP contribution in [0, 0.1) is 17.8 Å². The average molecular weight is 492 g/mol. The standard InChI is InChI=1S/C25H34ClN3O5/c1-5-24-10-11-25(34-24)19(18(24)21(31)27-4)23(33)29(17(13-30)12-14(2)3)20(25)22(32)28-16-8-6-15(26)7-9-16/h6-9,14,17-20,30H,5,10-13H2,1-4H3,(H,27,31)(H,28,32)/t17-,18+,19+,20?,24-,25?/m1/s1. The van der Waals surface area contributed by atoms with E-state index in [4.69, 9.17) is 16.3 Å². The van der Waals surface area contributed by atoms with Crippen molar-refractivity contribution in [2.75, 3.05) is 19.0 Å². The molecule has 3 heterocycles. The molecule has 6 atom stereocenters. The molecule has 0 radical (unpaired) electrons. The third-order valence-corrected chi connectivity index (χ3v) is 8.11. The smallest absolute Gasteiger partial charge is 0.250 e. The lowest BCUT2D eigenvalue weighted by molar-refractivity contribution is -0.149. The van der Waals surface area contributed by atoms with E-state index in [1.165, 1.54) is 4.90 Å². The molecule has 1 aromatic rings. The molecule has 3 amide bonds. The van der Waals surface area contributed by atoms with Gasteiger partial charge in [-0.05, 0) is 55.9 Å². The number of benzene rings is 1. The van der Waals surface area contributed by atoms with E-state index in [1.807, 2.05) is 20.8 Å². The number of halogens is 1. The van der Waals surface area contributed by atoms with Crippen molar-refractivity contribution in [3.63, 3.8) is 0 Å². The predicted octanol–water partition coefficient (Wildman–Crippen LogP) is 2.59. The summed E-state index contributed by atoms with van der Waals surface area (Å²) >= 11 is 5.99. The van der Waals surface area contributed by atoms with Crippen LogP contribution >= 0.6 is 11.6 Å². The number of nitrogens with one attached hydrogen (secondary N) is 2. The molecule has 3 aliphatic heterocycles. The topological polar surface area (TPSA) is 108 Å². The summed E-state index contributed by atoms with van der Waals surface area (Å²) in [5.74, 6) is -2.19. The van der Waals surface area contributed by atoms with Crippen LogP contribution in [-0.4, -0.2) is 64.7 Å². The molecular weight excluding hydrogens is 458 g/mol. The van der Waals surface area contributed by atoms with Gasteiger partial charge in [0.25, 0.3) is 0 Å². The van der Waals surface area contributed by atoms with Crippen LogP contribution in [0.3, 0.4) is 0 Å². The van der Waals surface area contributed by atoms with Gasteiger partial charge in [-0.3, -0.25) is 14.4 Å².